The number of sulfone groups is 1. The van der Waals surface area contributed by atoms with E-state index in [0.29, 0.717) is 5.57 Å². The second-order valence-electron chi connectivity index (χ2n) is 6.03. The molecule has 25 heavy (non-hydrogen) atoms. The molecule has 2 aromatic carbocycles. The van der Waals surface area contributed by atoms with E-state index in [-0.39, 0.29) is 23.5 Å². The van der Waals surface area contributed by atoms with E-state index in [4.69, 9.17) is 4.74 Å². The van der Waals surface area contributed by atoms with Gasteiger partial charge in [-0.1, -0.05) is 30.3 Å². The van der Waals surface area contributed by atoms with Gasteiger partial charge in [0.2, 0.25) is 0 Å². The Balaban J connectivity index is 1.72. The molecule has 5 nitrogen and oxygen atoms in total. The third-order valence-electron chi connectivity index (χ3n) is 4.08. The highest BCUT2D eigenvalue weighted by Gasteiger charge is 2.19. The van der Waals surface area contributed by atoms with Gasteiger partial charge in [0.05, 0.1) is 16.5 Å². The summed E-state index contributed by atoms with van der Waals surface area (Å²) in [6.45, 7) is 2.08. The van der Waals surface area contributed by atoms with E-state index in [2.05, 4.69) is 5.32 Å². The Morgan fingerprint density at radius 1 is 1.12 bits per heavy atom. The molecule has 0 saturated heterocycles. The molecule has 2 aromatic rings. The summed E-state index contributed by atoms with van der Waals surface area (Å²) in [6, 6.07) is 13.8. The minimum absolute atomic E-state index is 0.200. The molecule has 0 saturated carbocycles. The number of carbonyl (C=O) groups is 1. The monoisotopic (exact) mass is 357 g/mol. The number of ether oxygens (including phenoxy) is 1. The first-order valence-electron chi connectivity index (χ1n) is 7.88. The second-order valence-corrected chi connectivity index (χ2v) is 8.05. The standard InChI is InChI=1S/C19H19NO4S/c1-13(14-7-9-17(10-8-14)25(2,22)23)20-19(21)16-11-15-5-3-4-6-18(15)24-12-16/h3-11,13H,12H2,1-2H3,(H,20,21). The highest BCUT2D eigenvalue weighted by molar-refractivity contribution is 7.90. The molecule has 1 atom stereocenters. The maximum atomic E-state index is 12.5. The molecule has 0 radical (unpaired) electrons. The van der Waals surface area contributed by atoms with Crippen LogP contribution in [0.25, 0.3) is 6.08 Å². The van der Waals surface area contributed by atoms with Crippen molar-refractivity contribution in [3.8, 4) is 5.75 Å². The van der Waals surface area contributed by atoms with Crippen LogP contribution in [0.5, 0.6) is 5.75 Å². The number of para-hydroxylation sites is 1. The topological polar surface area (TPSA) is 72.5 Å². The van der Waals surface area contributed by atoms with Gasteiger partial charge in [-0.25, -0.2) is 8.42 Å². The number of hydrogen-bond acceptors (Lipinski definition) is 4. The Morgan fingerprint density at radius 2 is 1.80 bits per heavy atom. The van der Waals surface area contributed by atoms with Crippen molar-refractivity contribution >= 4 is 21.8 Å². The van der Waals surface area contributed by atoms with Gasteiger partial charge in [0, 0.05) is 11.8 Å². The molecule has 1 aliphatic heterocycles. The van der Waals surface area contributed by atoms with Crippen molar-refractivity contribution in [1.29, 1.82) is 0 Å². The zero-order valence-electron chi connectivity index (χ0n) is 14.0. The number of benzene rings is 2. The fourth-order valence-electron chi connectivity index (χ4n) is 2.62. The van der Waals surface area contributed by atoms with Gasteiger partial charge in [-0.15, -0.1) is 0 Å². The van der Waals surface area contributed by atoms with E-state index >= 15 is 0 Å². The van der Waals surface area contributed by atoms with E-state index in [1.807, 2.05) is 37.3 Å². The largest absolute Gasteiger partial charge is 0.488 e. The zero-order valence-corrected chi connectivity index (χ0v) is 14.8. The molecular weight excluding hydrogens is 338 g/mol. The van der Waals surface area contributed by atoms with Crippen LogP contribution in [0.15, 0.2) is 59.0 Å². The van der Waals surface area contributed by atoms with E-state index in [9.17, 15) is 13.2 Å². The molecule has 3 rings (SSSR count). The Labute approximate surface area is 147 Å². The fraction of sp³-hybridized carbons (Fsp3) is 0.211. The summed E-state index contributed by atoms with van der Waals surface area (Å²) >= 11 is 0. The molecule has 0 aliphatic carbocycles. The number of amides is 1. The minimum Gasteiger partial charge on any atom is -0.488 e. The van der Waals surface area contributed by atoms with Crippen molar-refractivity contribution in [2.24, 2.45) is 0 Å². The van der Waals surface area contributed by atoms with Crippen LogP contribution in [0.1, 0.15) is 24.1 Å². The van der Waals surface area contributed by atoms with Gasteiger partial charge >= 0.3 is 0 Å². The first kappa shape index (κ1) is 17.2. The van der Waals surface area contributed by atoms with E-state index < -0.39 is 9.84 Å². The molecule has 0 fully saturated rings. The van der Waals surface area contributed by atoms with Crippen LogP contribution >= 0.6 is 0 Å². The molecular formula is C19H19NO4S. The SMILES string of the molecule is CC(NC(=O)C1=Cc2ccccc2OC1)c1ccc(S(C)(=O)=O)cc1. The third kappa shape index (κ3) is 3.91. The second kappa shape index (κ2) is 6.72. The van der Waals surface area contributed by atoms with Gasteiger partial charge in [-0.05, 0) is 36.8 Å². The number of nitrogens with one attached hydrogen (secondary N) is 1. The molecule has 0 spiro atoms. The molecule has 0 bridgehead atoms. The van der Waals surface area contributed by atoms with Crippen molar-refractivity contribution < 1.29 is 17.9 Å². The summed E-state index contributed by atoms with van der Waals surface area (Å²) < 4.78 is 28.6. The van der Waals surface area contributed by atoms with Crippen LogP contribution in [0, 0.1) is 0 Å². The Morgan fingerprint density at radius 3 is 2.48 bits per heavy atom. The summed E-state index contributed by atoms with van der Waals surface area (Å²) in [7, 11) is -3.23. The van der Waals surface area contributed by atoms with Gasteiger partial charge in [0.15, 0.2) is 9.84 Å². The number of rotatable bonds is 4. The van der Waals surface area contributed by atoms with Crippen molar-refractivity contribution in [2.45, 2.75) is 17.9 Å². The van der Waals surface area contributed by atoms with Crippen molar-refractivity contribution in [2.75, 3.05) is 12.9 Å². The van der Waals surface area contributed by atoms with Gasteiger partial charge in [-0.3, -0.25) is 4.79 Å². The first-order chi connectivity index (χ1) is 11.8. The lowest BCUT2D eigenvalue weighted by Gasteiger charge is -2.20. The molecule has 1 unspecified atom stereocenters. The predicted octanol–water partition coefficient (Wildman–Crippen LogP) is 2.74. The molecule has 6 heteroatoms. The maximum Gasteiger partial charge on any atom is 0.251 e. The third-order valence-corrected chi connectivity index (χ3v) is 5.21. The summed E-state index contributed by atoms with van der Waals surface area (Å²) in [5.41, 5.74) is 2.26. The lowest BCUT2D eigenvalue weighted by molar-refractivity contribution is -0.118. The van der Waals surface area contributed by atoms with E-state index in [0.717, 1.165) is 16.9 Å². The molecule has 1 heterocycles. The van der Waals surface area contributed by atoms with Crippen molar-refractivity contribution in [3.05, 3.63) is 65.2 Å². The number of carbonyl (C=O) groups excluding carboxylic acids is 1. The van der Waals surface area contributed by atoms with Crippen LogP contribution in [-0.2, 0) is 14.6 Å². The van der Waals surface area contributed by atoms with Crippen LogP contribution < -0.4 is 10.1 Å². The van der Waals surface area contributed by atoms with E-state index in [1.165, 1.54) is 6.26 Å². The average Bonchev–Trinajstić information content (AvgIpc) is 2.60. The first-order valence-corrected chi connectivity index (χ1v) is 9.77. The van der Waals surface area contributed by atoms with Crippen LogP contribution in [0.2, 0.25) is 0 Å². The highest BCUT2D eigenvalue weighted by Crippen LogP contribution is 2.26. The quantitative estimate of drug-likeness (QED) is 0.913. The normalized spacial score (nSPS) is 14.7. The molecule has 130 valence electrons. The summed E-state index contributed by atoms with van der Waals surface area (Å²) in [6.07, 6.45) is 2.99. The maximum absolute atomic E-state index is 12.5. The predicted molar refractivity (Wildman–Crippen MR) is 96.0 cm³/mol. The van der Waals surface area contributed by atoms with Crippen LogP contribution in [0.3, 0.4) is 0 Å². The number of hydrogen-bond donors (Lipinski definition) is 1. The molecule has 1 aliphatic rings. The minimum atomic E-state index is -3.23. The van der Waals surface area contributed by atoms with Gasteiger partial charge in [-0.2, -0.15) is 0 Å². The van der Waals surface area contributed by atoms with Gasteiger partial charge in [0.25, 0.3) is 5.91 Å². The van der Waals surface area contributed by atoms with Gasteiger partial charge < -0.3 is 10.1 Å². The highest BCUT2D eigenvalue weighted by atomic mass is 32.2. The van der Waals surface area contributed by atoms with Crippen LogP contribution in [-0.4, -0.2) is 27.2 Å². The number of fused-ring (bicyclic) bond motifs is 1. The average molecular weight is 357 g/mol. The van der Waals surface area contributed by atoms with Crippen molar-refractivity contribution in [1.82, 2.24) is 5.32 Å². The summed E-state index contributed by atoms with van der Waals surface area (Å²) in [5.74, 6) is 0.567. The Bertz CT molecular complexity index is 930. The summed E-state index contributed by atoms with van der Waals surface area (Å²) in [5, 5.41) is 2.92. The lowest BCUT2D eigenvalue weighted by Crippen LogP contribution is -2.30. The lowest BCUT2D eigenvalue weighted by atomic mass is 10.1. The van der Waals surface area contributed by atoms with Gasteiger partial charge in [0.1, 0.15) is 12.4 Å². The van der Waals surface area contributed by atoms with Crippen LogP contribution in [0.4, 0.5) is 0 Å². The van der Waals surface area contributed by atoms with Crippen molar-refractivity contribution in [3.63, 3.8) is 0 Å². The fourth-order valence-corrected chi connectivity index (χ4v) is 3.25. The molecule has 1 N–H and O–H groups in total. The molecule has 0 aromatic heterocycles. The Hall–Kier alpha value is -2.60. The Kier molecular flexibility index (Phi) is 4.63. The summed E-state index contributed by atoms with van der Waals surface area (Å²) in [4.78, 5) is 12.7. The smallest absolute Gasteiger partial charge is 0.251 e. The molecule has 1 amide bonds. The van der Waals surface area contributed by atoms with E-state index in [1.54, 1.807) is 24.3 Å². The zero-order chi connectivity index (χ0) is 18.0.